The highest BCUT2D eigenvalue weighted by molar-refractivity contribution is 5.93. The molecule has 1 spiro atoms. The van der Waals surface area contributed by atoms with E-state index in [1.165, 1.54) is 30.4 Å². The largest absolute Gasteiger partial charge is 0.457 e. The highest BCUT2D eigenvalue weighted by atomic mass is 16.5. The maximum atomic E-state index is 6.42. The number of hydrogen-bond acceptors (Lipinski definition) is 3. The monoisotopic (exact) mass is 454 g/mol. The van der Waals surface area contributed by atoms with E-state index >= 15 is 0 Å². The Bertz CT molecular complexity index is 1550. The topological polar surface area (TPSA) is 35.0 Å². The summed E-state index contributed by atoms with van der Waals surface area (Å²) in [7, 11) is 0. The van der Waals surface area contributed by atoms with Gasteiger partial charge in [-0.1, -0.05) is 86.0 Å². The average molecular weight is 455 g/mol. The van der Waals surface area contributed by atoms with Gasteiger partial charge in [-0.3, -0.25) is 0 Å². The highest BCUT2D eigenvalue weighted by Crippen LogP contribution is 2.55. The minimum Gasteiger partial charge on any atom is -0.457 e. The molecule has 2 heterocycles. The first-order valence-corrected chi connectivity index (χ1v) is 12.6. The minimum absolute atomic E-state index is 0.00244. The minimum atomic E-state index is -0.00244. The maximum absolute atomic E-state index is 6.42. The van der Waals surface area contributed by atoms with Gasteiger partial charge in [0.15, 0.2) is 5.82 Å². The summed E-state index contributed by atoms with van der Waals surface area (Å²) in [4.78, 5) is 10.1. The van der Waals surface area contributed by atoms with Crippen LogP contribution in [0, 0.1) is 0 Å². The van der Waals surface area contributed by atoms with Crippen LogP contribution in [0.3, 0.4) is 0 Å². The first-order chi connectivity index (χ1) is 17.3. The summed E-state index contributed by atoms with van der Waals surface area (Å²) in [6.07, 6.45) is 6.08. The van der Waals surface area contributed by atoms with Crippen molar-refractivity contribution in [3.8, 4) is 34.1 Å². The van der Waals surface area contributed by atoms with Crippen LogP contribution in [0.15, 0.2) is 97.1 Å². The van der Waals surface area contributed by atoms with E-state index in [2.05, 4.69) is 84.9 Å². The van der Waals surface area contributed by atoms with Gasteiger partial charge in [0, 0.05) is 33.1 Å². The molecule has 7 rings (SSSR count). The molecule has 0 N–H and O–H groups in total. The molecule has 35 heavy (non-hydrogen) atoms. The van der Waals surface area contributed by atoms with Crippen molar-refractivity contribution < 1.29 is 4.74 Å². The predicted octanol–water partition coefficient (Wildman–Crippen LogP) is 8.32. The Morgan fingerprint density at radius 3 is 2.23 bits per heavy atom. The van der Waals surface area contributed by atoms with Crippen LogP contribution in [0.5, 0.6) is 11.5 Å². The molecule has 1 aliphatic carbocycles. The van der Waals surface area contributed by atoms with E-state index in [0.29, 0.717) is 0 Å². The summed E-state index contributed by atoms with van der Waals surface area (Å²) < 4.78 is 6.42. The number of aromatic nitrogens is 2. The molecule has 2 aliphatic rings. The van der Waals surface area contributed by atoms with Crippen molar-refractivity contribution in [2.75, 3.05) is 0 Å². The van der Waals surface area contributed by atoms with Gasteiger partial charge in [-0.15, -0.1) is 0 Å². The van der Waals surface area contributed by atoms with Gasteiger partial charge in [0.05, 0.1) is 11.2 Å². The molecule has 170 valence electrons. The summed E-state index contributed by atoms with van der Waals surface area (Å²) in [5, 5.41) is 1.07. The number of rotatable bonds is 2. The maximum Gasteiger partial charge on any atom is 0.160 e. The summed E-state index contributed by atoms with van der Waals surface area (Å²) in [6, 6.07) is 33.8. The third kappa shape index (κ3) is 3.26. The van der Waals surface area contributed by atoms with Gasteiger partial charge in [0.2, 0.25) is 0 Å². The Morgan fingerprint density at radius 1 is 0.600 bits per heavy atom. The van der Waals surface area contributed by atoms with Crippen LogP contribution in [0.1, 0.15) is 43.2 Å². The molecular weight excluding hydrogens is 428 g/mol. The number of fused-ring (bicyclic) bond motifs is 5. The summed E-state index contributed by atoms with van der Waals surface area (Å²) in [5.74, 6) is 2.73. The molecule has 0 atom stereocenters. The van der Waals surface area contributed by atoms with Crippen molar-refractivity contribution in [2.45, 2.75) is 37.5 Å². The molecule has 0 bridgehead atoms. The van der Waals surface area contributed by atoms with Gasteiger partial charge in [-0.25, -0.2) is 9.97 Å². The lowest BCUT2D eigenvalue weighted by Gasteiger charge is -2.43. The second-order valence-corrected chi connectivity index (χ2v) is 9.73. The molecule has 3 heteroatoms. The lowest BCUT2D eigenvalue weighted by Crippen LogP contribution is -2.33. The normalized spacial score (nSPS) is 15.9. The number of benzene rings is 4. The summed E-state index contributed by atoms with van der Waals surface area (Å²) in [5.41, 5.74) is 6.68. The van der Waals surface area contributed by atoms with Crippen molar-refractivity contribution in [3.63, 3.8) is 0 Å². The number of hydrogen-bond donors (Lipinski definition) is 0. The Labute approximate surface area is 205 Å². The van der Waals surface area contributed by atoms with Crippen LogP contribution in [0.4, 0.5) is 0 Å². The van der Waals surface area contributed by atoms with Crippen LogP contribution in [-0.4, -0.2) is 9.97 Å². The number of ether oxygens (including phenoxy) is 1. The Hall–Kier alpha value is -3.98. The van der Waals surface area contributed by atoms with Gasteiger partial charge < -0.3 is 4.74 Å². The summed E-state index contributed by atoms with van der Waals surface area (Å²) in [6.45, 7) is 0. The first kappa shape index (κ1) is 20.4. The third-order valence-corrected chi connectivity index (χ3v) is 7.73. The molecular formula is C32H26N2O. The SMILES string of the molecule is c1ccc(-c2nc(-c3ccc4c(c3)C3(CCCCC3)c3ccccc3O4)nc3ccccc23)cc1. The van der Waals surface area contributed by atoms with Crippen LogP contribution >= 0.6 is 0 Å². The lowest BCUT2D eigenvalue weighted by molar-refractivity contribution is 0.306. The second-order valence-electron chi connectivity index (χ2n) is 9.73. The van der Waals surface area contributed by atoms with E-state index < -0.39 is 0 Å². The zero-order valence-corrected chi connectivity index (χ0v) is 19.6. The van der Waals surface area contributed by atoms with Gasteiger partial charge >= 0.3 is 0 Å². The zero-order valence-electron chi connectivity index (χ0n) is 19.6. The second kappa shape index (κ2) is 8.06. The van der Waals surface area contributed by atoms with Crippen molar-refractivity contribution in [1.29, 1.82) is 0 Å². The quantitative estimate of drug-likeness (QED) is 0.269. The Balaban J connectivity index is 1.43. The zero-order chi connectivity index (χ0) is 23.2. The van der Waals surface area contributed by atoms with Gasteiger partial charge in [0.1, 0.15) is 11.5 Å². The highest BCUT2D eigenvalue weighted by Gasteiger charge is 2.42. The Morgan fingerprint density at radius 2 is 1.34 bits per heavy atom. The smallest absolute Gasteiger partial charge is 0.160 e. The average Bonchev–Trinajstić information content (AvgIpc) is 2.93. The summed E-state index contributed by atoms with van der Waals surface area (Å²) >= 11 is 0. The van der Waals surface area contributed by atoms with E-state index in [4.69, 9.17) is 14.7 Å². The molecule has 1 fully saturated rings. The van der Waals surface area contributed by atoms with Crippen LogP contribution < -0.4 is 4.74 Å². The van der Waals surface area contributed by atoms with Crippen molar-refractivity contribution >= 4 is 10.9 Å². The number of para-hydroxylation sites is 2. The molecule has 0 radical (unpaired) electrons. The molecule has 4 aromatic carbocycles. The molecule has 0 amide bonds. The van der Waals surface area contributed by atoms with Gasteiger partial charge in [0.25, 0.3) is 0 Å². The van der Waals surface area contributed by atoms with Gasteiger partial charge in [-0.05, 0) is 43.2 Å². The van der Waals surface area contributed by atoms with Crippen LogP contribution in [0.25, 0.3) is 33.5 Å². The fourth-order valence-electron chi connectivity index (χ4n) is 6.06. The van der Waals surface area contributed by atoms with Crippen molar-refractivity contribution in [3.05, 3.63) is 108 Å². The first-order valence-electron chi connectivity index (χ1n) is 12.6. The molecule has 0 unspecified atom stereocenters. The fraction of sp³-hybridized carbons (Fsp3) is 0.188. The molecule has 1 saturated carbocycles. The van der Waals surface area contributed by atoms with Gasteiger partial charge in [-0.2, -0.15) is 0 Å². The molecule has 1 aromatic heterocycles. The molecule has 0 saturated heterocycles. The molecule has 5 aromatic rings. The fourth-order valence-corrected chi connectivity index (χ4v) is 6.06. The standard InChI is InChI=1S/C32H26N2O/c1-3-11-22(12-4-1)30-24-13-5-7-15-27(24)33-31(34-30)23-17-18-29-26(21-23)32(19-9-2-10-20-32)25-14-6-8-16-28(25)35-29/h1,3-8,11-18,21H,2,9-10,19-20H2. The lowest BCUT2D eigenvalue weighted by atomic mass is 9.64. The molecule has 3 nitrogen and oxygen atoms in total. The third-order valence-electron chi connectivity index (χ3n) is 7.73. The predicted molar refractivity (Wildman–Crippen MR) is 141 cm³/mol. The Kier molecular flexibility index (Phi) is 4.70. The van der Waals surface area contributed by atoms with E-state index in [-0.39, 0.29) is 5.41 Å². The number of nitrogens with zero attached hydrogens (tertiary/aromatic N) is 2. The van der Waals surface area contributed by atoms with E-state index in [1.807, 2.05) is 12.1 Å². The van der Waals surface area contributed by atoms with E-state index in [9.17, 15) is 0 Å². The van der Waals surface area contributed by atoms with Crippen LogP contribution in [0.2, 0.25) is 0 Å². The molecule has 1 aliphatic heterocycles. The van der Waals surface area contributed by atoms with E-state index in [1.54, 1.807) is 0 Å². The van der Waals surface area contributed by atoms with Crippen molar-refractivity contribution in [1.82, 2.24) is 9.97 Å². The van der Waals surface area contributed by atoms with E-state index in [0.717, 1.165) is 57.9 Å². The van der Waals surface area contributed by atoms with Crippen molar-refractivity contribution in [2.24, 2.45) is 0 Å². The van der Waals surface area contributed by atoms with Crippen LogP contribution in [-0.2, 0) is 5.41 Å².